The highest BCUT2D eigenvalue weighted by atomic mass is 127. The van der Waals surface area contributed by atoms with Crippen LogP contribution in [0.1, 0.15) is 26.5 Å². The van der Waals surface area contributed by atoms with Crippen LogP contribution in [0.5, 0.6) is 0 Å². The second-order valence-electron chi connectivity index (χ2n) is 3.93. The number of nitrogens with zero attached hydrogens (tertiary/aromatic N) is 1. The second-order valence-corrected chi connectivity index (χ2v) is 6.66. The number of oxazole rings is 1. The van der Waals surface area contributed by atoms with E-state index in [0.29, 0.717) is 19.8 Å². The Morgan fingerprint density at radius 1 is 1.11 bits per heavy atom. The maximum atomic E-state index is 5.80. The molecule has 0 bridgehead atoms. The minimum absolute atomic E-state index is 0. The SMILES string of the molecule is CCO[Si](CC[n+]1cocc1C)(OCC)OCC.[I-]. The highest BCUT2D eigenvalue weighted by Crippen LogP contribution is 2.16. The van der Waals surface area contributed by atoms with Gasteiger partial charge in [-0.05, 0) is 20.8 Å². The molecule has 1 aromatic heterocycles. The molecular formula is C12H24INO4Si. The molecule has 0 aliphatic rings. The van der Waals surface area contributed by atoms with Crippen LogP contribution in [0, 0.1) is 6.92 Å². The molecule has 19 heavy (non-hydrogen) atoms. The van der Waals surface area contributed by atoms with Gasteiger partial charge in [-0.1, -0.05) is 0 Å². The van der Waals surface area contributed by atoms with Gasteiger partial charge in [-0.3, -0.25) is 0 Å². The van der Waals surface area contributed by atoms with Crippen LogP contribution in [0.25, 0.3) is 0 Å². The van der Waals surface area contributed by atoms with Gasteiger partial charge in [0, 0.05) is 26.7 Å². The van der Waals surface area contributed by atoms with E-state index < -0.39 is 8.80 Å². The smallest absolute Gasteiger partial charge is 0.507 e. The second kappa shape index (κ2) is 9.86. The van der Waals surface area contributed by atoms with Crippen molar-refractivity contribution in [1.82, 2.24) is 0 Å². The first-order chi connectivity index (χ1) is 8.67. The van der Waals surface area contributed by atoms with Crippen LogP contribution in [0.4, 0.5) is 0 Å². The molecule has 0 aliphatic carbocycles. The van der Waals surface area contributed by atoms with Gasteiger partial charge >= 0.3 is 15.2 Å². The Balaban J connectivity index is 0.00000324. The quantitative estimate of drug-likeness (QED) is 0.300. The Morgan fingerprint density at radius 3 is 2.00 bits per heavy atom. The zero-order valence-corrected chi connectivity index (χ0v) is 15.3. The normalized spacial score (nSPS) is 11.4. The van der Waals surface area contributed by atoms with E-state index in [2.05, 4.69) is 0 Å². The topological polar surface area (TPSA) is 44.7 Å². The first-order valence-corrected chi connectivity index (χ1v) is 8.44. The molecule has 0 unspecified atom stereocenters. The summed E-state index contributed by atoms with van der Waals surface area (Å²) in [7, 11) is -2.54. The average Bonchev–Trinajstić information content (AvgIpc) is 2.73. The maximum absolute atomic E-state index is 5.80. The largest absolute Gasteiger partial charge is 1.00 e. The number of halogens is 1. The monoisotopic (exact) mass is 401 g/mol. The highest BCUT2D eigenvalue weighted by Gasteiger charge is 2.41. The molecule has 1 aromatic rings. The first-order valence-electron chi connectivity index (χ1n) is 6.51. The van der Waals surface area contributed by atoms with Crippen LogP contribution in [-0.2, 0) is 19.8 Å². The summed E-state index contributed by atoms with van der Waals surface area (Å²) < 4.78 is 24.6. The van der Waals surface area contributed by atoms with Gasteiger partial charge in [0.25, 0.3) is 0 Å². The molecule has 0 aromatic carbocycles. The summed E-state index contributed by atoms with van der Waals surface area (Å²) in [4.78, 5) is 0. The van der Waals surface area contributed by atoms with Gasteiger partial charge in [-0.25, -0.2) is 0 Å². The molecule has 0 saturated carbocycles. The van der Waals surface area contributed by atoms with E-state index in [-0.39, 0.29) is 24.0 Å². The van der Waals surface area contributed by atoms with Crippen LogP contribution >= 0.6 is 0 Å². The lowest BCUT2D eigenvalue weighted by molar-refractivity contribution is -0.702. The Bertz CT molecular complexity index is 331. The molecule has 0 atom stereocenters. The van der Waals surface area contributed by atoms with Gasteiger partial charge in [0.05, 0.1) is 6.04 Å². The Morgan fingerprint density at radius 2 is 1.63 bits per heavy atom. The minimum atomic E-state index is -2.54. The van der Waals surface area contributed by atoms with Crippen molar-refractivity contribution < 1.29 is 46.2 Å². The summed E-state index contributed by atoms with van der Waals surface area (Å²) in [5.41, 5.74) is 1.09. The predicted molar refractivity (Wildman–Crippen MR) is 69.1 cm³/mol. The Labute approximate surface area is 133 Å². The fourth-order valence-corrected chi connectivity index (χ4v) is 4.36. The Kier molecular flexibility index (Phi) is 9.88. The third-order valence-corrected chi connectivity index (χ3v) is 5.65. The van der Waals surface area contributed by atoms with Crippen molar-refractivity contribution in [3.63, 3.8) is 0 Å². The molecule has 1 heterocycles. The Hall–Kier alpha value is 0.0369. The van der Waals surface area contributed by atoms with E-state index >= 15 is 0 Å². The molecule has 0 radical (unpaired) electrons. The molecule has 112 valence electrons. The van der Waals surface area contributed by atoms with Crippen LogP contribution in [-0.4, -0.2) is 28.6 Å². The molecule has 7 heteroatoms. The lowest BCUT2D eigenvalue weighted by Crippen LogP contribution is -3.00. The zero-order chi connectivity index (χ0) is 13.4. The molecule has 0 fully saturated rings. The third-order valence-electron chi connectivity index (χ3n) is 2.63. The van der Waals surface area contributed by atoms with Crippen LogP contribution < -0.4 is 28.5 Å². The number of rotatable bonds is 9. The summed E-state index contributed by atoms with van der Waals surface area (Å²) in [5, 5.41) is 0. The number of hydrogen-bond acceptors (Lipinski definition) is 4. The van der Waals surface area contributed by atoms with Crippen LogP contribution in [0.15, 0.2) is 17.1 Å². The summed E-state index contributed by atoms with van der Waals surface area (Å²) in [6.45, 7) is 10.5. The van der Waals surface area contributed by atoms with Gasteiger partial charge in [-0.15, -0.1) is 0 Å². The van der Waals surface area contributed by atoms with Gasteiger partial charge in [0.2, 0.25) is 5.69 Å². The van der Waals surface area contributed by atoms with E-state index in [4.69, 9.17) is 17.7 Å². The van der Waals surface area contributed by atoms with Crippen molar-refractivity contribution in [2.24, 2.45) is 0 Å². The summed E-state index contributed by atoms with van der Waals surface area (Å²) in [6, 6.07) is 0.758. The van der Waals surface area contributed by atoms with Crippen molar-refractivity contribution in [2.45, 2.75) is 40.3 Å². The van der Waals surface area contributed by atoms with E-state index in [1.54, 1.807) is 12.7 Å². The minimum Gasteiger partial charge on any atom is -1.00 e. The average molecular weight is 401 g/mol. The van der Waals surface area contributed by atoms with Crippen molar-refractivity contribution in [1.29, 1.82) is 0 Å². The van der Waals surface area contributed by atoms with E-state index in [1.807, 2.05) is 32.3 Å². The fourth-order valence-electron chi connectivity index (χ4n) is 1.84. The molecule has 0 N–H and O–H groups in total. The molecule has 0 aliphatic heterocycles. The summed E-state index contributed by atoms with van der Waals surface area (Å²) in [6.07, 6.45) is 3.43. The molecule has 0 saturated heterocycles. The molecular weight excluding hydrogens is 377 g/mol. The van der Waals surface area contributed by atoms with Crippen LogP contribution in [0.3, 0.4) is 0 Å². The molecule has 0 spiro atoms. The lowest BCUT2D eigenvalue weighted by Gasteiger charge is -2.27. The molecule has 0 amide bonds. The van der Waals surface area contributed by atoms with Crippen LogP contribution in [0.2, 0.25) is 6.04 Å². The highest BCUT2D eigenvalue weighted by molar-refractivity contribution is 6.60. The lowest BCUT2D eigenvalue weighted by atomic mass is 10.5. The maximum Gasteiger partial charge on any atom is 0.507 e. The number of aromatic nitrogens is 1. The molecule has 5 nitrogen and oxygen atoms in total. The van der Waals surface area contributed by atoms with Gasteiger partial charge in [-0.2, -0.15) is 4.57 Å². The summed E-state index contributed by atoms with van der Waals surface area (Å²) >= 11 is 0. The third kappa shape index (κ3) is 5.90. The van der Waals surface area contributed by atoms with Gasteiger partial charge in [0.1, 0.15) is 0 Å². The first kappa shape index (κ1) is 19.0. The van der Waals surface area contributed by atoms with Gasteiger partial charge < -0.3 is 41.7 Å². The van der Waals surface area contributed by atoms with E-state index in [0.717, 1.165) is 18.3 Å². The van der Waals surface area contributed by atoms with Gasteiger partial charge in [0.15, 0.2) is 12.8 Å². The summed E-state index contributed by atoms with van der Waals surface area (Å²) in [5.74, 6) is 0. The number of aryl methyl sites for hydroxylation is 2. The van der Waals surface area contributed by atoms with Crippen molar-refractivity contribution in [2.75, 3.05) is 19.8 Å². The van der Waals surface area contributed by atoms with E-state index in [1.165, 1.54) is 0 Å². The number of hydrogen-bond donors (Lipinski definition) is 0. The molecule has 1 rings (SSSR count). The van der Waals surface area contributed by atoms with E-state index in [9.17, 15) is 0 Å². The van der Waals surface area contributed by atoms with Crippen molar-refractivity contribution in [3.8, 4) is 0 Å². The standard InChI is InChI=1S/C12H24NO4Si.HI/c1-5-15-18(16-6-2,17-7-3)9-8-13-11-14-10-12(13)4;/h10-11H,5-9H2,1-4H3;1H/q+1;/p-1. The van der Waals surface area contributed by atoms with Crippen molar-refractivity contribution in [3.05, 3.63) is 18.4 Å². The van der Waals surface area contributed by atoms with Crippen molar-refractivity contribution >= 4 is 8.80 Å². The zero-order valence-electron chi connectivity index (χ0n) is 12.1. The predicted octanol–water partition coefficient (Wildman–Crippen LogP) is -1.07. The fraction of sp³-hybridized carbons (Fsp3) is 0.750.